The van der Waals surface area contributed by atoms with Crippen molar-refractivity contribution in [2.45, 2.75) is 26.0 Å². The third-order valence-corrected chi connectivity index (χ3v) is 1.42. The van der Waals surface area contributed by atoms with E-state index in [0.29, 0.717) is 6.54 Å². The number of rotatable bonds is 3. The molecule has 6 heteroatoms. The van der Waals surface area contributed by atoms with E-state index >= 15 is 0 Å². The van der Waals surface area contributed by atoms with E-state index in [9.17, 15) is 5.11 Å². The van der Waals surface area contributed by atoms with Gasteiger partial charge in [0.25, 0.3) is 0 Å². The van der Waals surface area contributed by atoms with Crippen molar-refractivity contribution in [3.05, 3.63) is 12.3 Å². The van der Waals surface area contributed by atoms with Crippen molar-refractivity contribution >= 4 is 5.82 Å². The summed E-state index contributed by atoms with van der Waals surface area (Å²) in [6, 6.07) is 1.46. The van der Waals surface area contributed by atoms with Crippen LogP contribution in [0.25, 0.3) is 0 Å². The first-order chi connectivity index (χ1) is 5.88. The van der Waals surface area contributed by atoms with Crippen LogP contribution in [0.2, 0.25) is 0 Å². The highest BCUT2D eigenvalue weighted by atomic mass is 16.8. The molecule has 0 radical (unpaired) electrons. The summed E-state index contributed by atoms with van der Waals surface area (Å²) in [5.74, 6) is 0.101. The molecular formula is C7H14N3O3+. The Hall–Kier alpha value is -0.950. The topological polar surface area (TPSA) is 83.0 Å². The van der Waals surface area contributed by atoms with Crippen LogP contribution in [0.4, 0.5) is 5.82 Å². The average molecular weight is 188 g/mol. The second-order valence-electron chi connectivity index (χ2n) is 3.53. The minimum absolute atomic E-state index is 0.101. The summed E-state index contributed by atoms with van der Waals surface area (Å²) in [6.07, 6.45) is 1.57. The molecule has 4 N–H and O–H groups in total. The number of aromatic nitrogens is 2. The fraction of sp³-hybridized carbons (Fsp3) is 0.571. The van der Waals surface area contributed by atoms with Crippen LogP contribution in [0.3, 0.4) is 0 Å². The summed E-state index contributed by atoms with van der Waals surface area (Å²) in [4.78, 5) is 0. The highest BCUT2D eigenvalue weighted by Crippen LogP contribution is 2.05. The standard InChI is InChI=1S/C7H13N3O3/c1-7(2,11)5-9-4-3-6(8-9)10(12)13/h3-4,11-13H,5H2,1-2H3/p+1. The fourth-order valence-corrected chi connectivity index (χ4v) is 0.965. The van der Waals surface area contributed by atoms with E-state index in [-0.39, 0.29) is 5.82 Å². The van der Waals surface area contributed by atoms with Gasteiger partial charge in [0.05, 0.1) is 12.1 Å². The normalized spacial score (nSPS) is 12.5. The molecule has 74 valence electrons. The second-order valence-corrected chi connectivity index (χ2v) is 3.53. The summed E-state index contributed by atoms with van der Waals surface area (Å²) in [5, 5.41) is 29.8. The maximum atomic E-state index is 9.43. The van der Waals surface area contributed by atoms with Gasteiger partial charge in [0.15, 0.2) is 0 Å². The molecule has 0 saturated carbocycles. The first-order valence-electron chi connectivity index (χ1n) is 3.89. The predicted molar refractivity (Wildman–Crippen MR) is 42.7 cm³/mol. The van der Waals surface area contributed by atoms with Crippen molar-refractivity contribution in [2.75, 3.05) is 0 Å². The molecule has 0 aliphatic rings. The first kappa shape index (κ1) is 10.1. The molecular weight excluding hydrogens is 174 g/mol. The number of nitrogens with one attached hydrogen (secondary N) is 1. The Labute approximate surface area is 75.5 Å². The third kappa shape index (κ3) is 3.11. The van der Waals surface area contributed by atoms with Crippen LogP contribution >= 0.6 is 0 Å². The van der Waals surface area contributed by atoms with Crippen molar-refractivity contribution in [3.63, 3.8) is 0 Å². The van der Waals surface area contributed by atoms with Crippen LogP contribution in [0, 0.1) is 0 Å². The zero-order valence-electron chi connectivity index (χ0n) is 7.60. The van der Waals surface area contributed by atoms with Crippen LogP contribution in [0.1, 0.15) is 13.8 Å². The molecule has 0 amide bonds. The zero-order chi connectivity index (χ0) is 10.1. The lowest BCUT2D eigenvalue weighted by molar-refractivity contribution is -1.19. The van der Waals surface area contributed by atoms with E-state index in [4.69, 9.17) is 10.4 Å². The summed E-state index contributed by atoms with van der Waals surface area (Å²) >= 11 is 0. The Morgan fingerprint density at radius 3 is 2.54 bits per heavy atom. The molecule has 1 heterocycles. The molecule has 0 fully saturated rings. The van der Waals surface area contributed by atoms with Crippen LogP contribution in [0.15, 0.2) is 12.3 Å². The van der Waals surface area contributed by atoms with Gasteiger partial charge in [-0.05, 0) is 19.1 Å². The molecule has 0 bridgehead atoms. The first-order valence-corrected chi connectivity index (χ1v) is 3.89. The lowest BCUT2D eigenvalue weighted by atomic mass is 10.1. The highest BCUT2D eigenvalue weighted by molar-refractivity contribution is 5.12. The molecule has 0 aliphatic heterocycles. The molecule has 0 aliphatic carbocycles. The van der Waals surface area contributed by atoms with Crippen molar-refractivity contribution in [1.29, 1.82) is 0 Å². The van der Waals surface area contributed by atoms with Gasteiger partial charge in [-0.1, -0.05) is 0 Å². The van der Waals surface area contributed by atoms with Gasteiger partial charge < -0.3 is 5.11 Å². The minimum Gasteiger partial charge on any atom is -0.389 e. The molecule has 0 spiro atoms. The zero-order valence-corrected chi connectivity index (χ0v) is 7.60. The Morgan fingerprint density at radius 1 is 1.54 bits per heavy atom. The van der Waals surface area contributed by atoms with Crippen molar-refractivity contribution in [2.24, 2.45) is 0 Å². The van der Waals surface area contributed by atoms with Gasteiger partial charge in [-0.3, -0.25) is 4.68 Å². The van der Waals surface area contributed by atoms with Crippen LogP contribution in [-0.4, -0.2) is 30.9 Å². The summed E-state index contributed by atoms with van der Waals surface area (Å²) in [6.45, 7) is 3.61. The number of quaternary nitrogens is 1. The average Bonchev–Trinajstić information content (AvgIpc) is 2.31. The van der Waals surface area contributed by atoms with Gasteiger partial charge in [-0.2, -0.15) is 10.4 Å². The smallest absolute Gasteiger partial charge is 0.310 e. The van der Waals surface area contributed by atoms with Crippen LogP contribution < -0.4 is 5.23 Å². The van der Waals surface area contributed by atoms with E-state index in [1.807, 2.05) is 0 Å². The number of aliphatic hydroxyl groups is 1. The minimum atomic E-state index is -0.867. The van der Waals surface area contributed by atoms with Gasteiger partial charge in [0, 0.05) is 12.3 Å². The van der Waals surface area contributed by atoms with E-state index < -0.39 is 10.8 Å². The number of hydrogen-bond acceptors (Lipinski definition) is 4. The van der Waals surface area contributed by atoms with Crippen molar-refractivity contribution in [1.82, 2.24) is 9.78 Å². The van der Waals surface area contributed by atoms with E-state index in [1.54, 1.807) is 20.0 Å². The molecule has 6 nitrogen and oxygen atoms in total. The van der Waals surface area contributed by atoms with Gasteiger partial charge in [0.1, 0.15) is 0 Å². The molecule has 1 rings (SSSR count). The molecule has 0 saturated heterocycles. The number of nitrogens with zero attached hydrogens (tertiary/aromatic N) is 2. The van der Waals surface area contributed by atoms with Crippen molar-refractivity contribution < 1.29 is 20.7 Å². The Bertz CT molecular complexity index is 277. The fourth-order valence-electron chi connectivity index (χ4n) is 0.965. The lowest BCUT2D eigenvalue weighted by Crippen LogP contribution is -3.02. The molecule has 1 aromatic rings. The van der Waals surface area contributed by atoms with Crippen molar-refractivity contribution in [3.8, 4) is 0 Å². The van der Waals surface area contributed by atoms with E-state index in [2.05, 4.69) is 5.10 Å². The molecule has 0 aromatic carbocycles. The van der Waals surface area contributed by atoms with E-state index in [1.165, 1.54) is 10.7 Å². The molecule has 0 atom stereocenters. The monoisotopic (exact) mass is 188 g/mol. The summed E-state index contributed by atoms with van der Waals surface area (Å²) in [7, 11) is 0. The van der Waals surface area contributed by atoms with Gasteiger partial charge >= 0.3 is 5.82 Å². The van der Waals surface area contributed by atoms with Gasteiger partial charge in [-0.15, -0.1) is 5.10 Å². The molecule has 1 aromatic heterocycles. The molecule has 0 unspecified atom stereocenters. The Kier molecular flexibility index (Phi) is 2.67. The largest absolute Gasteiger partial charge is 0.389 e. The maximum Gasteiger partial charge on any atom is 0.310 e. The van der Waals surface area contributed by atoms with Crippen LogP contribution in [-0.2, 0) is 6.54 Å². The summed E-state index contributed by atoms with van der Waals surface area (Å²) in [5.41, 5.74) is -0.867. The summed E-state index contributed by atoms with van der Waals surface area (Å²) < 4.78 is 1.45. The maximum absolute atomic E-state index is 9.43. The highest BCUT2D eigenvalue weighted by Gasteiger charge is 2.16. The van der Waals surface area contributed by atoms with E-state index in [0.717, 1.165) is 0 Å². The number of hydrogen-bond donors (Lipinski definition) is 4. The Balaban J connectivity index is 2.70. The SMILES string of the molecule is CC(C)(O)Cn1ccc([NH+](O)O)n1. The quantitative estimate of drug-likeness (QED) is 0.456. The third-order valence-electron chi connectivity index (χ3n) is 1.42. The Morgan fingerprint density at radius 2 is 2.15 bits per heavy atom. The lowest BCUT2D eigenvalue weighted by Gasteiger charge is -2.16. The van der Waals surface area contributed by atoms with Gasteiger partial charge in [-0.25, -0.2) is 0 Å². The second kappa shape index (κ2) is 3.43. The molecule has 13 heavy (non-hydrogen) atoms. The van der Waals surface area contributed by atoms with Gasteiger partial charge in [0.2, 0.25) is 0 Å². The van der Waals surface area contributed by atoms with Crippen LogP contribution in [0.5, 0.6) is 0 Å². The predicted octanol–water partition coefficient (Wildman–Crippen LogP) is -1.05.